The number of carbonyl (C=O) groups is 1. The van der Waals surface area contributed by atoms with E-state index >= 15 is 0 Å². The van der Waals surface area contributed by atoms with Gasteiger partial charge in [-0.3, -0.25) is 15.0 Å². The molecule has 2 N–H and O–H groups in total. The third-order valence-corrected chi connectivity index (χ3v) is 6.35. The van der Waals surface area contributed by atoms with E-state index < -0.39 is 21.5 Å². The molecule has 0 radical (unpaired) electrons. The normalized spacial score (nSPS) is 14.9. The highest BCUT2D eigenvalue weighted by molar-refractivity contribution is 7.89. The second-order valence-electron chi connectivity index (χ2n) is 6.02. The summed E-state index contributed by atoms with van der Waals surface area (Å²) in [6.45, 7) is -0.0321. The van der Waals surface area contributed by atoms with Crippen LogP contribution in [0.4, 0.5) is 0 Å². The molecular weight excluding hydrogens is 394 g/mol. The number of aromatic nitrogens is 1. The minimum absolute atomic E-state index is 0. The van der Waals surface area contributed by atoms with Crippen molar-refractivity contribution in [1.29, 1.82) is 0 Å². The zero-order valence-electron chi connectivity index (χ0n) is 14.5. The van der Waals surface area contributed by atoms with Crippen molar-refractivity contribution in [2.45, 2.75) is 29.8 Å². The molecule has 0 saturated heterocycles. The van der Waals surface area contributed by atoms with Crippen molar-refractivity contribution >= 4 is 28.3 Å². The fourth-order valence-corrected chi connectivity index (χ4v) is 4.59. The summed E-state index contributed by atoms with van der Waals surface area (Å²) < 4.78 is 32.7. The van der Waals surface area contributed by atoms with Gasteiger partial charge in [-0.15, -0.1) is 12.4 Å². The zero-order valence-corrected chi connectivity index (χ0v) is 16.2. The van der Waals surface area contributed by atoms with E-state index in [-0.39, 0.29) is 23.8 Å². The summed E-state index contributed by atoms with van der Waals surface area (Å²) in [5.41, 5.74) is 0.933. The molecule has 146 valence electrons. The monoisotopic (exact) mass is 413 g/mol. The van der Waals surface area contributed by atoms with Gasteiger partial charge in [-0.1, -0.05) is 6.07 Å². The van der Waals surface area contributed by atoms with Crippen molar-refractivity contribution < 1.29 is 23.2 Å². The maximum absolute atomic E-state index is 13.2. The fraction of sp³-hybridized carbons (Fsp3) is 0.294. The number of sulfonamides is 1. The second kappa shape index (κ2) is 8.22. The van der Waals surface area contributed by atoms with E-state index in [1.54, 1.807) is 42.1 Å². The Hall–Kier alpha value is -2.20. The number of ether oxygens (including phenoxy) is 1. The van der Waals surface area contributed by atoms with Gasteiger partial charge >= 0.3 is 0 Å². The summed E-state index contributed by atoms with van der Waals surface area (Å²) in [5, 5.41) is 9.08. The van der Waals surface area contributed by atoms with Crippen LogP contribution in [0.5, 0.6) is 5.75 Å². The Morgan fingerprint density at radius 2 is 1.96 bits per heavy atom. The van der Waals surface area contributed by atoms with Gasteiger partial charge in [-0.2, -0.15) is 4.31 Å². The molecule has 1 fully saturated rings. The van der Waals surface area contributed by atoms with E-state index in [0.29, 0.717) is 24.2 Å². The molecule has 1 saturated carbocycles. The highest BCUT2D eigenvalue weighted by Crippen LogP contribution is 2.45. The Labute approximate surface area is 163 Å². The van der Waals surface area contributed by atoms with Crippen LogP contribution in [-0.2, 0) is 21.4 Å². The smallest absolute Gasteiger partial charge is 0.264 e. The number of methoxy groups -OCH3 is 1. The number of nitrogens with zero attached hydrogens (tertiary/aromatic N) is 2. The molecule has 0 unspecified atom stereocenters. The van der Waals surface area contributed by atoms with Crippen molar-refractivity contribution in [3.63, 3.8) is 0 Å². The van der Waals surface area contributed by atoms with Crippen LogP contribution in [0.2, 0.25) is 0 Å². The first-order valence-corrected chi connectivity index (χ1v) is 9.38. The van der Waals surface area contributed by atoms with Gasteiger partial charge in [0.05, 0.1) is 12.0 Å². The summed E-state index contributed by atoms with van der Waals surface area (Å²) in [5.74, 6) is -0.213. The number of hydrogen-bond acceptors (Lipinski definition) is 6. The Balaban J connectivity index is 0.00000261. The first-order chi connectivity index (χ1) is 12.4. The number of benzene rings is 1. The largest absolute Gasteiger partial charge is 0.497 e. The fourth-order valence-electron chi connectivity index (χ4n) is 2.81. The third kappa shape index (κ3) is 4.06. The topological polar surface area (TPSA) is 109 Å². The van der Waals surface area contributed by atoms with Gasteiger partial charge in [0, 0.05) is 18.9 Å². The van der Waals surface area contributed by atoms with Crippen molar-refractivity contribution in [3.05, 3.63) is 54.4 Å². The lowest BCUT2D eigenvalue weighted by Crippen LogP contribution is -2.50. The first-order valence-electron chi connectivity index (χ1n) is 7.94. The lowest BCUT2D eigenvalue weighted by molar-refractivity contribution is -0.134. The van der Waals surface area contributed by atoms with E-state index in [9.17, 15) is 13.2 Å². The van der Waals surface area contributed by atoms with Crippen LogP contribution in [0, 0.1) is 0 Å². The predicted molar refractivity (Wildman–Crippen MR) is 99.1 cm³/mol. The maximum atomic E-state index is 13.2. The van der Waals surface area contributed by atoms with E-state index in [2.05, 4.69) is 4.98 Å². The molecule has 2 aromatic rings. The first kappa shape index (κ1) is 21.1. The van der Waals surface area contributed by atoms with Crippen molar-refractivity contribution in [3.8, 4) is 5.75 Å². The Bertz CT molecular complexity index is 887. The minimum Gasteiger partial charge on any atom is -0.497 e. The van der Waals surface area contributed by atoms with Gasteiger partial charge in [0.25, 0.3) is 5.91 Å². The molecule has 1 aromatic carbocycles. The molecule has 1 heterocycles. The second-order valence-corrected chi connectivity index (χ2v) is 7.88. The molecule has 27 heavy (non-hydrogen) atoms. The minimum atomic E-state index is -4.00. The molecular formula is C17H20ClN3O5S. The number of rotatable bonds is 7. The van der Waals surface area contributed by atoms with Crippen LogP contribution in [0.15, 0.2) is 53.7 Å². The standard InChI is InChI=1S/C17H19N3O5S.ClH/c1-25-14-4-6-15(7-5-14)26(23,24)20(12-13-3-2-10-18-11-13)17(8-9-17)16(21)19-22;/h2-7,10-11,22H,8-9,12H2,1H3,(H,19,21);1H. The van der Waals surface area contributed by atoms with Crippen LogP contribution >= 0.6 is 12.4 Å². The average Bonchev–Trinajstić information content (AvgIpc) is 3.48. The zero-order chi connectivity index (χ0) is 18.8. The molecule has 10 heteroatoms. The number of nitrogens with one attached hydrogen (secondary N) is 1. The van der Waals surface area contributed by atoms with Crippen LogP contribution in [-0.4, -0.2) is 41.5 Å². The van der Waals surface area contributed by atoms with Crippen LogP contribution in [0.3, 0.4) is 0 Å². The number of hydroxylamine groups is 1. The Morgan fingerprint density at radius 3 is 2.44 bits per heavy atom. The van der Waals surface area contributed by atoms with Gasteiger partial charge in [0.1, 0.15) is 11.3 Å². The lowest BCUT2D eigenvalue weighted by Gasteiger charge is -2.29. The van der Waals surface area contributed by atoms with Crippen LogP contribution in [0.25, 0.3) is 0 Å². The SMILES string of the molecule is COc1ccc(S(=O)(=O)N(Cc2cccnc2)C2(C(=O)NO)CC2)cc1.Cl. The summed E-state index contributed by atoms with van der Waals surface area (Å²) in [6.07, 6.45) is 3.78. The molecule has 1 aliphatic rings. The summed E-state index contributed by atoms with van der Waals surface area (Å²) in [6, 6.07) is 9.37. The summed E-state index contributed by atoms with van der Waals surface area (Å²) >= 11 is 0. The number of halogens is 1. The molecule has 0 spiro atoms. The molecule has 1 amide bonds. The lowest BCUT2D eigenvalue weighted by atomic mass is 10.2. The van der Waals surface area contributed by atoms with Gasteiger partial charge in [0.15, 0.2) is 0 Å². The molecule has 0 atom stereocenters. The van der Waals surface area contributed by atoms with Crippen LogP contribution < -0.4 is 10.2 Å². The quantitative estimate of drug-likeness (QED) is 0.528. The molecule has 3 rings (SSSR count). The number of amides is 1. The van der Waals surface area contributed by atoms with E-state index in [4.69, 9.17) is 9.94 Å². The molecule has 0 bridgehead atoms. The number of carbonyl (C=O) groups excluding carboxylic acids is 1. The summed E-state index contributed by atoms with van der Waals surface area (Å²) in [4.78, 5) is 16.2. The average molecular weight is 414 g/mol. The molecule has 0 aliphatic heterocycles. The maximum Gasteiger partial charge on any atom is 0.264 e. The Morgan fingerprint density at radius 1 is 1.30 bits per heavy atom. The Kier molecular flexibility index (Phi) is 6.42. The van der Waals surface area contributed by atoms with Crippen molar-refractivity contribution in [2.75, 3.05) is 7.11 Å². The van der Waals surface area contributed by atoms with E-state index in [0.717, 1.165) is 4.31 Å². The van der Waals surface area contributed by atoms with E-state index in [1.807, 2.05) is 0 Å². The third-order valence-electron chi connectivity index (χ3n) is 4.42. The number of pyridine rings is 1. The van der Waals surface area contributed by atoms with Crippen molar-refractivity contribution in [2.24, 2.45) is 0 Å². The molecule has 1 aliphatic carbocycles. The van der Waals surface area contributed by atoms with E-state index in [1.165, 1.54) is 19.2 Å². The van der Waals surface area contributed by atoms with Gasteiger partial charge in [-0.25, -0.2) is 13.9 Å². The van der Waals surface area contributed by atoms with Crippen molar-refractivity contribution in [1.82, 2.24) is 14.8 Å². The molecule has 1 aromatic heterocycles. The summed E-state index contributed by atoms with van der Waals surface area (Å²) in [7, 11) is -2.51. The highest BCUT2D eigenvalue weighted by Gasteiger charge is 2.59. The predicted octanol–water partition coefficient (Wildman–Crippen LogP) is 1.74. The molecule has 8 nitrogen and oxygen atoms in total. The van der Waals surface area contributed by atoms with Gasteiger partial charge in [0.2, 0.25) is 10.0 Å². The van der Waals surface area contributed by atoms with Gasteiger partial charge in [-0.05, 0) is 48.7 Å². The highest BCUT2D eigenvalue weighted by atomic mass is 35.5. The van der Waals surface area contributed by atoms with Crippen LogP contribution in [0.1, 0.15) is 18.4 Å². The van der Waals surface area contributed by atoms with Gasteiger partial charge < -0.3 is 4.74 Å². The number of hydrogen-bond donors (Lipinski definition) is 2.